The second-order valence-corrected chi connectivity index (χ2v) is 4.82. The van der Waals surface area contributed by atoms with E-state index in [9.17, 15) is 14.7 Å². The molecule has 2 rings (SSSR count). The number of aliphatic hydroxyl groups excluding tert-OH is 1. The number of nitrogens with zero attached hydrogens (tertiary/aromatic N) is 3. The molecule has 0 bridgehead atoms. The Hall–Kier alpha value is -1.44. The van der Waals surface area contributed by atoms with Crippen molar-refractivity contribution in [1.82, 2.24) is 15.1 Å². The summed E-state index contributed by atoms with van der Waals surface area (Å²) in [6, 6.07) is 0.119. The lowest BCUT2D eigenvalue weighted by atomic mass is 10.2. The van der Waals surface area contributed by atoms with E-state index in [0.29, 0.717) is 0 Å². The number of amides is 1. The van der Waals surface area contributed by atoms with E-state index in [1.165, 1.54) is 6.07 Å². The maximum Gasteiger partial charge on any atom is 0.326 e. The zero-order valence-corrected chi connectivity index (χ0v) is 11.0. The fourth-order valence-electron chi connectivity index (χ4n) is 1.93. The normalized spacial score (nSPS) is 22.6. The number of likely N-dealkylation sites (tertiary alicyclic amines) is 1. The van der Waals surface area contributed by atoms with Gasteiger partial charge in [0.1, 0.15) is 6.04 Å². The fourth-order valence-corrected chi connectivity index (χ4v) is 2.25. The number of carboxylic acids is 1. The molecule has 1 amide bonds. The molecular formula is C10H9Cl2N3O4. The van der Waals surface area contributed by atoms with E-state index < -0.39 is 24.0 Å². The Morgan fingerprint density at radius 3 is 2.68 bits per heavy atom. The van der Waals surface area contributed by atoms with E-state index in [4.69, 9.17) is 28.3 Å². The lowest BCUT2D eigenvalue weighted by Gasteiger charge is -2.21. The molecule has 9 heteroatoms. The number of carbonyl (C=O) groups excluding carboxylic acids is 1. The summed E-state index contributed by atoms with van der Waals surface area (Å²) in [5, 5.41) is 25.3. The van der Waals surface area contributed by atoms with E-state index >= 15 is 0 Å². The molecule has 0 aromatic carbocycles. The van der Waals surface area contributed by atoms with Crippen LogP contribution in [0.2, 0.25) is 10.3 Å². The molecule has 1 aromatic heterocycles. The standard InChI is InChI=1S/C10H9Cl2N3O4/c11-7-2-5(8(12)14-13-7)9(17)15-3-4(16)1-6(15)10(18)19/h2,4,6,16H,1,3H2,(H,18,19)/t4-,6-/m1/s1. The van der Waals surface area contributed by atoms with Crippen molar-refractivity contribution < 1.29 is 19.8 Å². The Kier molecular flexibility index (Phi) is 3.88. The van der Waals surface area contributed by atoms with Crippen LogP contribution in [0.5, 0.6) is 0 Å². The number of carbonyl (C=O) groups is 2. The second kappa shape index (κ2) is 5.28. The van der Waals surface area contributed by atoms with Gasteiger partial charge in [0.05, 0.1) is 11.7 Å². The van der Waals surface area contributed by atoms with Crippen LogP contribution in [-0.4, -0.2) is 55.9 Å². The van der Waals surface area contributed by atoms with Gasteiger partial charge in [-0.15, -0.1) is 10.2 Å². The van der Waals surface area contributed by atoms with Crippen molar-refractivity contribution >= 4 is 35.1 Å². The van der Waals surface area contributed by atoms with E-state index in [1.54, 1.807) is 0 Å². The minimum Gasteiger partial charge on any atom is -0.480 e. The third kappa shape index (κ3) is 2.78. The number of hydrogen-bond donors (Lipinski definition) is 2. The summed E-state index contributed by atoms with van der Waals surface area (Å²) in [5.74, 6) is -1.83. The van der Waals surface area contributed by atoms with Crippen LogP contribution >= 0.6 is 23.2 Å². The van der Waals surface area contributed by atoms with Crippen molar-refractivity contribution in [2.24, 2.45) is 0 Å². The average molecular weight is 306 g/mol. The molecule has 0 spiro atoms. The molecule has 0 aliphatic carbocycles. The van der Waals surface area contributed by atoms with Gasteiger partial charge in [0.25, 0.3) is 5.91 Å². The fraction of sp³-hybridized carbons (Fsp3) is 0.400. The average Bonchev–Trinajstić information content (AvgIpc) is 2.74. The molecule has 19 heavy (non-hydrogen) atoms. The molecule has 1 saturated heterocycles. The van der Waals surface area contributed by atoms with Crippen LogP contribution in [-0.2, 0) is 4.79 Å². The largest absolute Gasteiger partial charge is 0.480 e. The smallest absolute Gasteiger partial charge is 0.326 e. The van der Waals surface area contributed by atoms with E-state index in [2.05, 4.69) is 10.2 Å². The van der Waals surface area contributed by atoms with Gasteiger partial charge in [0.15, 0.2) is 10.3 Å². The SMILES string of the molecule is O=C(O)[C@H]1C[C@@H](O)CN1C(=O)c1cc(Cl)nnc1Cl. The highest BCUT2D eigenvalue weighted by Crippen LogP contribution is 2.24. The van der Waals surface area contributed by atoms with Crippen LogP contribution in [0.4, 0.5) is 0 Å². The van der Waals surface area contributed by atoms with Crippen LogP contribution in [0.25, 0.3) is 0 Å². The third-order valence-electron chi connectivity index (χ3n) is 2.77. The quantitative estimate of drug-likeness (QED) is 0.822. The number of aliphatic hydroxyl groups is 1. The number of rotatable bonds is 2. The molecule has 1 fully saturated rings. The Morgan fingerprint density at radius 1 is 1.37 bits per heavy atom. The first-order valence-corrected chi connectivity index (χ1v) is 6.06. The molecule has 2 N–H and O–H groups in total. The number of halogens is 2. The molecular weight excluding hydrogens is 297 g/mol. The molecule has 1 aliphatic rings. The van der Waals surface area contributed by atoms with Gasteiger partial charge in [-0.05, 0) is 6.07 Å². The second-order valence-electron chi connectivity index (χ2n) is 4.07. The van der Waals surface area contributed by atoms with Crippen LogP contribution < -0.4 is 0 Å². The van der Waals surface area contributed by atoms with Gasteiger partial charge in [0, 0.05) is 13.0 Å². The predicted molar refractivity (Wildman–Crippen MR) is 65.1 cm³/mol. The number of aromatic nitrogens is 2. The molecule has 0 radical (unpaired) electrons. The van der Waals surface area contributed by atoms with Crippen LogP contribution in [0.3, 0.4) is 0 Å². The summed E-state index contributed by atoms with van der Waals surface area (Å²) in [7, 11) is 0. The zero-order chi connectivity index (χ0) is 14.2. The van der Waals surface area contributed by atoms with Gasteiger partial charge < -0.3 is 15.1 Å². The maximum absolute atomic E-state index is 12.2. The zero-order valence-electron chi connectivity index (χ0n) is 9.45. The Balaban J connectivity index is 2.33. The van der Waals surface area contributed by atoms with Crippen molar-refractivity contribution in [2.45, 2.75) is 18.6 Å². The summed E-state index contributed by atoms with van der Waals surface area (Å²) >= 11 is 11.4. The van der Waals surface area contributed by atoms with Crippen LogP contribution in [0, 0.1) is 0 Å². The Labute approximate surface area is 117 Å². The summed E-state index contributed by atoms with van der Waals surface area (Å²) in [6.45, 7) is -0.0773. The minimum atomic E-state index is -1.19. The lowest BCUT2D eigenvalue weighted by molar-refractivity contribution is -0.141. The van der Waals surface area contributed by atoms with Crippen molar-refractivity contribution in [3.8, 4) is 0 Å². The highest BCUT2D eigenvalue weighted by atomic mass is 35.5. The van der Waals surface area contributed by atoms with Crippen molar-refractivity contribution in [2.75, 3.05) is 6.54 Å². The van der Waals surface area contributed by atoms with E-state index in [0.717, 1.165) is 4.90 Å². The highest BCUT2D eigenvalue weighted by molar-refractivity contribution is 6.34. The molecule has 2 heterocycles. The first-order valence-electron chi connectivity index (χ1n) is 5.30. The number of β-amino-alcohol motifs (C(OH)–C–C–N with tert-alkyl or cyclic N) is 1. The molecule has 102 valence electrons. The minimum absolute atomic E-state index is 0.0229. The lowest BCUT2D eigenvalue weighted by Crippen LogP contribution is -2.40. The Morgan fingerprint density at radius 2 is 2.05 bits per heavy atom. The van der Waals surface area contributed by atoms with Crippen molar-refractivity contribution in [1.29, 1.82) is 0 Å². The van der Waals surface area contributed by atoms with Gasteiger partial charge in [-0.2, -0.15) is 0 Å². The predicted octanol–water partition coefficient (Wildman–Crippen LogP) is 0.443. The molecule has 2 atom stereocenters. The molecule has 7 nitrogen and oxygen atoms in total. The molecule has 0 unspecified atom stereocenters. The van der Waals surface area contributed by atoms with Crippen LogP contribution in [0.15, 0.2) is 6.07 Å². The van der Waals surface area contributed by atoms with Crippen molar-refractivity contribution in [3.05, 3.63) is 21.9 Å². The number of hydrogen-bond acceptors (Lipinski definition) is 5. The third-order valence-corrected chi connectivity index (χ3v) is 3.24. The Bertz CT molecular complexity index is 540. The first-order chi connectivity index (χ1) is 8.90. The number of carboxylic acid groups (broad SMARTS) is 1. The van der Waals surface area contributed by atoms with Crippen LogP contribution in [0.1, 0.15) is 16.8 Å². The highest BCUT2D eigenvalue weighted by Gasteiger charge is 2.40. The molecule has 1 aliphatic heterocycles. The molecule has 0 saturated carbocycles. The summed E-state index contributed by atoms with van der Waals surface area (Å²) in [6.07, 6.45) is -0.903. The van der Waals surface area contributed by atoms with E-state index in [1.807, 2.05) is 0 Å². The summed E-state index contributed by atoms with van der Waals surface area (Å²) in [4.78, 5) is 24.3. The van der Waals surface area contributed by atoms with E-state index in [-0.39, 0.29) is 28.8 Å². The monoisotopic (exact) mass is 305 g/mol. The summed E-state index contributed by atoms with van der Waals surface area (Å²) < 4.78 is 0. The summed E-state index contributed by atoms with van der Waals surface area (Å²) in [5.41, 5.74) is -0.0398. The number of aliphatic carboxylic acids is 1. The first kappa shape index (κ1) is 14.0. The maximum atomic E-state index is 12.2. The van der Waals surface area contributed by atoms with Gasteiger partial charge >= 0.3 is 5.97 Å². The van der Waals surface area contributed by atoms with Gasteiger partial charge in [-0.3, -0.25) is 4.79 Å². The molecule has 1 aromatic rings. The van der Waals surface area contributed by atoms with Crippen molar-refractivity contribution in [3.63, 3.8) is 0 Å². The van der Waals surface area contributed by atoms with Gasteiger partial charge in [-0.1, -0.05) is 23.2 Å². The van der Waals surface area contributed by atoms with Gasteiger partial charge in [0.2, 0.25) is 0 Å². The topological polar surface area (TPSA) is 104 Å². The van der Waals surface area contributed by atoms with Gasteiger partial charge in [-0.25, -0.2) is 4.79 Å².